The van der Waals surface area contributed by atoms with Crippen LogP contribution < -0.4 is 5.32 Å². The lowest BCUT2D eigenvalue weighted by Crippen LogP contribution is -2.37. The SMILES string of the molecule is Cn1nccc1CN1C[C@@H](F)C[C@H]1CNCc1cccc(F)c1Cl. The zero-order valence-corrected chi connectivity index (χ0v) is 14.3. The van der Waals surface area contributed by atoms with Gasteiger partial charge in [-0.05, 0) is 24.1 Å². The molecular formula is C17H21ClF2N4. The van der Waals surface area contributed by atoms with Crippen LogP contribution in [-0.2, 0) is 20.1 Å². The summed E-state index contributed by atoms with van der Waals surface area (Å²) in [5.74, 6) is -0.418. The van der Waals surface area contributed by atoms with Crippen LogP contribution in [0, 0.1) is 5.82 Å². The largest absolute Gasteiger partial charge is 0.311 e. The molecular weight excluding hydrogens is 334 g/mol. The molecule has 3 rings (SSSR count). The standard InChI is InChI=1S/C17H21ClF2N4/c1-23-14(5-6-22-23)11-24-10-13(19)7-15(24)9-21-8-12-3-2-4-16(20)17(12)18/h2-6,13,15,21H,7-11H2,1H3/t13-,15-/m0/s1. The van der Waals surface area contributed by atoms with Crippen molar-refractivity contribution in [2.75, 3.05) is 13.1 Å². The van der Waals surface area contributed by atoms with Gasteiger partial charge in [-0.15, -0.1) is 0 Å². The molecule has 0 unspecified atom stereocenters. The third-order valence-corrected chi connectivity index (χ3v) is 4.91. The highest BCUT2D eigenvalue weighted by molar-refractivity contribution is 6.31. The van der Waals surface area contributed by atoms with Gasteiger partial charge in [0.05, 0.1) is 10.7 Å². The average Bonchev–Trinajstić information content (AvgIpc) is 3.10. The van der Waals surface area contributed by atoms with Crippen LogP contribution in [0.3, 0.4) is 0 Å². The minimum Gasteiger partial charge on any atom is -0.311 e. The zero-order valence-electron chi connectivity index (χ0n) is 13.6. The summed E-state index contributed by atoms with van der Waals surface area (Å²) in [4.78, 5) is 2.13. The lowest BCUT2D eigenvalue weighted by Gasteiger charge is -2.24. The van der Waals surface area contributed by atoms with Gasteiger partial charge < -0.3 is 5.32 Å². The van der Waals surface area contributed by atoms with Crippen LogP contribution in [-0.4, -0.2) is 40.0 Å². The quantitative estimate of drug-likeness (QED) is 0.866. The van der Waals surface area contributed by atoms with Crippen molar-refractivity contribution in [3.8, 4) is 0 Å². The third-order valence-electron chi connectivity index (χ3n) is 4.49. The first-order valence-electron chi connectivity index (χ1n) is 8.03. The van der Waals surface area contributed by atoms with Gasteiger partial charge in [-0.3, -0.25) is 9.58 Å². The van der Waals surface area contributed by atoms with E-state index in [4.69, 9.17) is 11.6 Å². The van der Waals surface area contributed by atoms with E-state index in [1.807, 2.05) is 17.8 Å². The van der Waals surface area contributed by atoms with Gasteiger partial charge in [-0.25, -0.2) is 8.78 Å². The van der Waals surface area contributed by atoms with Crippen molar-refractivity contribution in [1.29, 1.82) is 0 Å². The van der Waals surface area contributed by atoms with E-state index < -0.39 is 12.0 Å². The number of nitrogens with zero attached hydrogens (tertiary/aromatic N) is 3. The van der Waals surface area contributed by atoms with Crippen molar-refractivity contribution in [2.45, 2.75) is 31.7 Å². The Morgan fingerprint density at radius 3 is 2.96 bits per heavy atom. The molecule has 1 aromatic heterocycles. The molecule has 2 aromatic rings. The Bertz CT molecular complexity index is 691. The molecule has 1 aliphatic heterocycles. The average molecular weight is 355 g/mol. The topological polar surface area (TPSA) is 33.1 Å². The second-order valence-corrected chi connectivity index (χ2v) is 6.58. The molecule has 0 spiro atoms. The highest BCUT2D eigenvalue weighted by atomic mass is 35.5. The number of alkyl halides is 1. The Hall–Kier alpha value is -1.50. The first-order valence-corrected chi connectivity index (χ1v) is 8.41. The van der Waals surface area contributed by atoms with E-state index in [2.05, 4.69) is 15.3 Å². The summed E-state index contributed by atoms with van der Waals surface area (Å²) in [7, 11) is 1.89. The van der Waals surface area contributed by atoms with Crippen LogP contribution in [0.2, 0.25) is 5.02 Å². The number of nitrogens with one attached hydrogen (secondary N) is 1. The molecule has 130 valence electrons. The van der Waals surface area contributed by atoms with Gasteiger partial charge in [0.1, 0.15) is 12.0 Å². The molecule has 0 radical (unpaired) electrons. The molecule has 0 bridgehead atoms. The monoisotopic (exact) mass is 354 g/mol. The lowest BCUT2D eigenvalue weighted by atomic mass is 10.2. The number of aryl methyl sites for hydroxylation is 1. The summed E-state index contributed by atoms with van der Waals surface area (Å²) in [6.45, 7) is 2.19. The maximum absolute atomic E-state index is 13.9. The maximum atomic E-state index is 13.9. The Kier molecular flexibility index (Phi) is 5.48. The molecule has 1 aromatic carbocycles. The fourth-order valence-corrected chi connectivity index (χ4v) is 3.34. The van der Waals surface area contributed by atoms with Crippen molar-refractivity contribution in [1.82, 2.24) is 20.0 Å². The molecule has 7 heteroatoms. The predicted octanol–water partition coefficient (Wildman–Crippen LogP) is 2.91. The summed E-state index contributed by atoms with van der Waals surface area (Å²) >= 11 is 5.96. The molecule has 0 saturated carbocycles. The summed E-state index contributed by atoms with van der Waals surface area (Å²) in [6.07, 6.45) is 1.43. The van der Waals surface area contributed by atoms with Crippen molar-refractivity contribution in [3.63, 3.8) is 0 Å². The number of hydrogen-bond donors (Lipinski definition) is 1. The molecule has 0 amide bonds. The molecule has 2 heterocycles. The molecule has 1 aliphatic rings. The van der Waals surface area contributed by atoms with E-state index >= 15 is 0 Å². The first kappa shape index (κ1) is 17.3. The van der Waals surface area contributed by atoms with Crippen LogP contribution in [0.4, 0.5) is 8.78 Å². The summed E-state index contributed by atoms with van der Waals surface area (Å²) < 4.78 is 29.1. The van der Waals surface area contributed by atoms with Gasteiger partial charge in [-0.1, -0.05) is 23.7 Å². The van der Waals surface area contributed by atoms with Crippen LogP contribution in [0.15, 0.2) is 30.5 Å². The third kappa shape index (κ3) is 3.94. The molecule has 1 N–H and O–H groups in total. The van der Waals surface area contributed by atoms with Crippen LogP contribution in [0.25, 0.3) is 0 Å². The maximum Gasteiger partial charge on any atom is 0.142 e. The molecule has 24 heavy (non-hydrogen) atoms. The van der Waals surface area contributed by atoms with Crippen molar-refractivity contribution in [2.24, 2.45) is 7.05 Å². The molecule has 2 atom stereocenters. The normalized spacial score (nSPS) is 21.5. The zero-order chi connectivity index (χ0) is 17.1. The van der Waals surface area contributed by atoms with Crippen LogP contribution in [0.5, 0.6) is 0 Å². The van der Waals surface area contributed by atoms with Gasteiger partial charge in [0.25, 0.3) is 0 Å². The minimum absolute atomic E-state index is 0.0993. The van der Waals surface area contributed by atoms with Gasteiger partial charge in [0, 0.05) is 45.5 Å². The number of halogens is 3. The van der Waals surface area contributed by atoms with Crippen molar-refractivity contribution >= 4 is 11.6 Å². The number of likely N-dealkylation sites (tertiary alicyclic amines) is 1. The van der Waals surface area contributed by atoms with Gasteiger partial charge >= 0.3 is 0 Å². The van der Waals surface area contributed by atoms with E-state index in [1.54, 1.807) is 18.3 Å². The smallest absolute Gasteiger partial charge is 0.142 e. The predicted molar refractivity (Wildman–Crippen MR) is 90.0 cm³/mol. The van der Waals surface area contributed by atoms with Crippen LogP contribution in [0.1, 0.15) is 17.7 Å². The second-order valence-electron chi connectivity index (χ2n) is 6.21. The number of rotatable bonds is 6. The molecule has 1 saturated heterocycles. The Labute approximate surface area is 145 Å². The number of hydrogen-bond acceptors (Lipinski definition) is 3. The molecule has 1 fully saturated rings. The van der Waals surface area contributed by atoms with E-state index in [1.165, 1.54) is 6.07 Å². The van der Waals surface area contributed by atoms with Gasteiger partial charge in [-0.2, -0.15) is 5.10 Å². The highest BCUT2D eigenvalue weighted by Gasteiger charge is 2.32. The Balaban J connectivity index is 1.57. The first-order chi connectivity index (χ1) is 11.5. The van der Waals surface area contributed by atoms with Gasteiger partial charge in [0.2, 0.25) is 0 Å². The van der Waals surface area contributed by atoms with E-state index in [0.29, 0.717) is 38.2 Å². The second kappa shape index (κ2) is 7.59. The summed E-state index contributed by atoms with van der Waals surface area (Å²) in [5, 5.41) is 7.57. The Morgan fingerprint density at radius 1 is 1.38 bits per heavy atom. The fraction of sp³-hybridized carbons (Fsp3) is 0.471. The van der Waals surface area contributed by atoms with E-state index in [-0.39, 0.29) is 11.1 Å². The highest BCUT2D eigenvalue weighted by Crippen LogP contribution is 2.23. The summed E-state index contributed by atoms with van der Waals surface area (Å²) in [5.41, 5.74) is 1.77. The molecule has 4 nitrogen and oxygen atoms in total. The fourth-order valence-electron chi connectivity index (χ4n) is 3.15. The van der Waals surface area contributed by atoms with E-state index in [0.717, 1.165) is 5.69 Å². The van der Waals surface area contributed by atoms with Crippen LogP contribution >= 0.6 is 11.6 Å². The van der Waals surface area contributed by atoms with Crippen molar-refractivity contribution in [3.05, 3.63) is 52.6 Å². The number of benzene rings is 1. The summed E-state index contributed by atoms with van der Waals surface area (Å²) in [6, 6.07) is 6.81. The van der Waals surface area contributed by atoms with Gasteiger partial charge in [0.15, 0.2) is 0 Å². The minimum atomic E-state index is -0.817. The van der Waals surface area contributed by atoms with E-state index in [9.17, 15) is 8.78 Å². The number of aromatic nitrogens is 2. The molecule has 0 aliphatic carbocycles. The van der Waals surface area contributed by atoms with Crippen molar-refractivity contribution < 1.29 is 8.78 Å². The Morgan fingerprint density at radius 2 is 2.21 bits per heavy atom. The lowest BCUT2D eigenvalue weighted by molar-refractivity contribution is 0.224.